The zero-order chi connectivity index (χ0) is 13.8. The summed E-state index contributed by atoms with van der Waals surface area (Å²) >= 11 is 0. The van der Waals surface area contributed by atoms with Crippen molar-refractivity contribution in [2.75, 3.05) is 5.73 Å². The van der Waals surface area contributed by atoms with E-state index in [-0.39, 0.29) is 5.75 Å². The maximum atomic E-state index is 13.6. The van der Waals surface area contributed by atoms with E-state index in [1.165, 1.54) is 17.7 Å². The highest BCUT2D eigenvalue weighted by Gasteiger charge is 2.06. The molecule has 0 radical (unpaired) electrons. The first-order valence-electron chi connectivity index (χ1n) is 6.43. The fourth-order valence-corrected chi connectivity index (χ4v) is 1.83. The quantitative estimate of drug-likeness (QED) is 0.807. The molecular weight excluding hydrogens is 241 g/mol. The van der Waals surface area contributed by atoms with Crippen LogP contribution in [-0.2, 0) is 0 Å². The van der Waals surface area contributed by atoms with Gasteiger partial charge in [0.15, 0.2) is 11.6 Å². The number of nitrogens with two attached hydrogens (primary N) is 1. The molecule has 0 saturated heterocycles. The monoisotopic (exact) mass is 259 g/mol. The highest BCUT2D eigenvalue weighted by molar-refractivity contribution is 5.44. The van der Waals surface area contributed by atoms with E-state index in [0.29, 0.717) is 17.4 Å². The molecule has 0 aliphatic rings. The summed E-state index contributed by atoms with van der Waals surface area (Å²) < 4.78 is 19.1. The highest BCUT2D eigenvalue weighted by Crippen LogP contribution is 2.27. The number of hydrogen-bond acceptors (Lipinski definition) is 2. The number of ether oxygens (including phenoxy) is 1. The summed E-state index contributed by atoms with van der Waals surface area (Å²) in [4.78, 5) is 0. The van der Waals surface area contributed by atoms with Crippen molar-refractivity contribution >= 4 is 5.69 Å². The van der Waals surface area contributed by atoms with E-state index in [1.54, 1.807) is 6.07 Å². The Labute approximate surface area is 113 Å². The fraction of sp³-hybridized carbons (Fsp3) is 0.250. The lowest BCUT2D eigenvalue weighted by atomic mass is 9.99. The van der Waals surface area contributed by atoms with Gasteiger partial charge in [0.05, 0.1) is 0 Å². The molecule has 2 rings (SSSR count). The lowest BCUT2D eigenvalue weighted by Crippen LogP contribution is -1.93. The fourth-order valence-electron chi connectivity index (χ4n) is 1.83. The van der Waals surface area contributed by atoms with E-state index in [0.717, 1.165) is 6.42 Å². The smallest absolute Gasteiger partial charge is 0.167 e. The SMILES string of the molecule is CCC(C)c1ccc(Oc2ccc(N)cc2F)cc1. The van der Waals surface area contributed by atoms with Gasteiger partial charge in [0, 0.05) is 11.8 Å². The number of hydrogen-bond donors (Lipinski definition) is 1. The normalized spacial score (nSPS) is 12.2. The molecule has 0 saturated carbocycles. The standard InChI is InChI=1S/C16H18FNO/c1-3-11(2)12-4-7-14(8-5-12)19-16-9-6-13(18)10-15(16)17/h4-11H,3,18H2,1-2H3. The maximum Gasteiger partial charge on any atom is 0.167 e. The van der Waals surface area contributed by atoms with Gasteiger partial charge in [-0.25, -0.2) is 4.39 Å². The molecule has 0 bridgehead atoms. The first-order valence-corrected chi connectivity index (χ1v) is 6.43. The molecule has 0 aromatic heterocycles. The van der Waals surface area contributed by atoms with Crippen LogP contribution in [0.4, 0.5) is 10.1 Å². The second-order valence-corrected chi connectivity index (χ2v) is 4.67. The molecule has 0 amide bonds. The third-order valence-electron chi connectivity index (χ3n) is 3.25. The second-order valence-electron chi connectivity index (χ2n) is 4.67. The van der Waals surface area contributed by atoms with E-state index >= 15 is 0 Å². The third-order valence-corrected chi connectivity index (χ3v) is 3.25. The molecule has 2 nitrogen and oxygen atoms in total. The molecule has 0 aliphatic carbocycles. The van der Waals surface area contributed by atoms with Crippen LogP contribution in [-0.4, -0.2) is 0 Å². The number of anilines is 1. The van der Waals surface area contributed by atoms with Gasteiger partial charge in [-0.05, 0) is 42.2 Å². The van der Waals surface area contributed by atoms with E-state index in [4.69, 9.17) is 10.5 Å². The van der Waals surface area contributed by atoms with Gasteiger partial charge in [0.25, 0.3) is 0 Å². The molecule has 3 heteroatoms. The average Bonchev–Trinajstić information content (AvgIpc) is 2.42. The summed E-state index contributed by atoms with van der Waals surface area (Å²) in [7, 11) is 0. The van der Waals surface area contributed by atoms with E-state index in [9.17, 15) is 4.39 Å². The molecule has 100 valence electrons. The molecule has 0 aliphatic heterocycles. The predicted octanol–water partition coefficient (Wildman–Crippen LogP) is 4.71. The minimum Gasteiger partial charge on any atom is -0.454 e. The van der Waals surface area contributed by atoms with Gasteiger partial charge in [-0.15, -0.1) is 0 Å². The molecular formula is C16H18FNO. The van der Waals surface area contributed by atoms with Crippen LogP contribution in [0.25, 0.3) is 0 Å². The molecule has 0 heterocycles. The molecule has 2 N–H and O–H groups in total. The zero-order valence-corrected chi connectivity index (χ0v) is 11.2. The Morgan fingerprint density at radius 2 is 1.84 bits per heavy atom. The van der Waals surface area contributed by atoms with Crippen LogP contribution in [0, 0.1) is 5.82 Å². The number of rotatable bonds is 4. The molecule has 1 unspecified atom stereocenters. The van der Waals surface area contributed by atoms with Gasteiger partial charge in [0.1, 0.15) is 5.75 Å². The van der Waals surface area contributed by atoms with Crippen molar-refractivity contribution in [2.45, 2.75) is 26.2 Å². The van der Waals surface area contributed by atoms with Crippen LogP contribution in [0.3, 0.4) is 0 Å². The first-order chi connectivity index (χ1) is 9.10. The van der Waals surface area contributed by atoms with Gasteiger partial charge >= 0.3 is 0 Å². The van der Waals surface area contributed by atoms with Crippen molar-refractivity contribution in [2.24, 2.45) is 0 Å². The van der Waals surface area contributed by atoms with Crippen molar-refractivity contribution in [1.29, 1.82) is 0 Å². The van der Waals surface area contributed by atoms with Gasteiger partial charge in [-0.3, -0.25) is 0 Å². The lowest BCUT2D eigenvalue weighted by molar-refractivity contribution is 0.442. The van der Waals surface area contributed by atoms with E-state index in [2.05, 4.69) is 13.8 Å². The molecule has 0 fully saturated rings. The number of halogens is 1. The van der Waals surface area contributed by atoms with Crippen LogP contribution in [0.5, 0.6) is 11.5 Å². The van der Waals surface area contributed by atoms with Crippen LogP contribution in [0.1, 0.15) is 31.7 Å². The number of nitrogen functional groups attached to an aromatic ring is 1. The lowest BCUT2D eigenvalue weighted by Gasteiger charge is -2.11. The molecule has 2 aromatic carbocycles. The Kier molecular flexibility index (Phi) is 4.05. The summed E-state index contributed by atoms with van der Waals surface area (Å²) in [5, 5.41) is 0. The van der Waals surface area contributed by atoms with Gasteiger partial charge in [0.2, 0.25) is 0 Å². The second kappa shape index (κ2) is 5.74. The maximum absolute atomic E-state index is 13.6. The Hall–Kier alpha value is -2.03. The van der Waals surface area contributed by atoms with Gasteiger partial charge in [-0.1, -0.05) is 26.0 Å². The largest absolute Gasteiger partial charge is 0.454 e. The van der Waals surface area contributed by atoms with Crippen molar-refractivity contribution in [3.8, 4) is 11.5 Å². The molecule has 2 aromatic rings. The molecule has 1 atom stereocenters. The van der Waals surface area contributed by atoms with Gasteiger partial charge < -0.3 is 10.5 Å². The Bertz CT molecular complexity index is 551. The van der Waals surface area contributed by atoms with Crippen molar-refractivity contribution in [1.82, 2.24) is 0 Å². The first kappa shape index (κ1) is 13.4. The summed E-state index contributed by atoms with van der Waals surface area (Å²) in [6, 6.07) is 12.1. The van der Waals surface area contributed by atoms with Crippen LogP contribution < -0.4 is 10.5 Å². The minimum absolute atomic E-state index is 0.186. The summed E-state index contributed by atoms with van der Waals surface area (Å²) in [5.41, 5.74) is 7.14. The van der Waals surface area contributed by atoms with Crippen LogP contribution in [0.2, 0.25) is 0 Å². The van der Waals surface area contributed by atoms with Crippen molar-refractivity contribution in [3.05, 3.63) is 53.8 Å². The third kappa shape index (κ3) is 3.25. The topological polar surface area (TPSA) is 35.2 Å². The van der Waals surface area contributed by atoms with Crippen LogP contribution in [0.15, 0.2) is 42.5 Å². The summed E-state index contributed by atoms with van der Waals surface area (Å²) in [6.07, 6.45) is 1.09. The molecule has 0 spiro atoms. The average molecular weight is 259 g/mol. The number of benzene rings is 2. The summed E-state index contributed by atoms with van der Waals surface area (Å²) in [5.74, 6) is 0.870. The van der Waals surface area contributed by atoms with Crippen molar-refractivity contribution < 1.29 is 9.13 Å². The van der Waals surface area contributed by atoms with Crippen molar-refractivity contribution in [3.63, 3.8) is 0 Å². The molecule has 19 heavy (non-hydrogen) atoms. The zero-order valence-electron chi connectivity index (χ0n) is 11.2. The van der Waals surface area contributed by atoms with Crippen LogP contribution >= 0.6 is 0 Å². The van der Waals surface area contributed by atoms with E-state index in [1.807, 2.05) is 24.3 Å². The predicted molar refractivity (Wildman–Crippen MR) is 76.0 cm³/mol. The Morgan fingerprint density at radius 1 is 1.16 bits per heavy atom. The van der Waals surface area contributed by atoms with Gasteiger partial charge in [-0.2, -0.15) is 0 Å². The Morgan fingerprint density at radius 3 is 2.42 bits per heavy atom. The Balaban J connectivity index is 2.15. The van der Waals surface area contributed by atoms with E-state index < -0.39 is 5.82 Å². The summed E-state index contributed by atoms with van der Waals surface area (Å²) in [6.45, 7) is 4.33. The minimum atomic E-state index is -0.453. The highest BCUT2D eigenvalue weighted by atomic mass is 19.1.